The SMILES string of the molecule is CCC[O][SnH]([Cl])[CH2]Cc1ccsc1C(C)N. The minimum atomic E-state index is -2.15. The van der Waals surface area contributed by atoms with Crippen LogP contribution in [-0.2, 0) is 9.49 Å². The van der Waals surface area contributed by atoms with E-state index in [4.69, 9.17) is 17.7 Å². The second-order valence-corrected chi connectivity index (χ2v) is 13.1. The Kier molecular flexibility index (Phi) is 7.31. The molecule has 16 heavy (non-hydrogen) atoms. The van der Waals surface area contributed by atoms with Crippen molar-refractivity contribution in [1.82, 2.24) is 0 Å². The van der Waals surface area contributed by atoms with E-state index in [-0.39, 0.29) is 6.04 Å². The van der Waals surface area contributed by atoms with Gasteiger partial charge in [0.05, 0.1) is 0 Å². The summed E-state index contributed by atoms with van der Waals surface area (Å²) in [6, 6.07) is 2.30. The van der Waals surface area contributed by atoms with Crippen molar-refractivity contribution >= 4 is 39.3 Å². The molecule has 1 rings (SSSR count). The number of halogens is 1. The summed E-state index contributed by atoms with van der Waals surface area (Å²) in [5.41, 5.74) is 7.27. The number of thiophene rings is 1. The summed E-state index contributed by atoms with van der Waals surface area (Å²) < 4.78 is 6.69. The molecule has 0 bridgehead atoms. The van der Waals surface area contributed by atoms with E-state index in [9.17, 15) is 0 Å². The van der Waals surface area contributed by atoms with Crippen molar-refractivity contribution in [2.24, 2.45) is 5.73 Å². The molecule has 0 aliphatic rings. The van der Waals surface area contributed by atoms with Gasteiger partial charge in [-0.15, -0.1) is 0 Å². The third kappa shape index (κ3) is 4.92. The molecular formula is C11H20ClNOSSn. The van der Waals surface area contributed by atoms with Gasteiger partial charge in [0.15, 0.2) is 0 Å². The first-order valence-corrected chi connectivity index (χ1v) is 14.5. The van der Waals surface area contributed by atoms with E-state index in [0.717, 1.165) is 23.9 Å². The maximum absolute atomic E-state index is 6.27. The molecule has 2 atom stereocenters. The molecule has 0 aliphatic carbocycles. The molecule has 1 heterocycles. The van der Waals surface area contributed by atoms with Crippen LogP contribution in [0.15, 0.2) is 11.4 Å². The van der Waals surface area contributed by atoms with Crippen molar-refractivity contribution in [2.75, 3.05) is 6.61 Å². The fourth-order valence-electron chi connectivity index (χ4n) is 1.55. The third-order valence-electron chi connectivity index (χ3n) is 2.34. The number of rotatable bonds is 7. The van der Waals surface area contributed by atoms with Gasteiger partial charge in [0.2, 0.25) is 0 Å². The molecule has 0 saturated carbocycles. The van der Waals surface area contributed by atoms with Crippen LogP contribution in [0.1, 0.15) is 36.8 Å². The zero-order chi connectivity index (χ0) is 12.0. The summed E-state index contributed by atoms with van der Waals surface area (Å²) in [4.78, 5) is 1.30. The quantitative estimate of drug-likeness (QED) is 0.750. The van der Waals surface area contributed by atoms with E-state index in [1.165, 1.54) is 10.4 Å². The normalized spacial score (nSPS) is 15.0. The van der Waals surface area contributed by atoms with Gasteiger partial charge < -0.3 is 0 Å². The van der Waals surface area contributed by atoms with Crippen LogP contribution in [0.3, 0.4) is 0 Å². The van der Waals surface area contributed by atoms with Gasteiger partial charge in [-0.3, -0.25) is 0 Å². The van der Waals surface area contributed by atoms with Crippen LogP contribution >= 0.6 is 20.3 Å². The molecule has 0 aliphatic heterocycles. The molecule has 2 unspecified atom stereocenters. The molecule has 0 radical (unpaired) electrons. The standard InChI is InChI=1S/C8H12NS.C3H7O.ClH.Sn.H/c1-3-7-4-5-10-8(7)6(2)9;1-2-3-4;;;/h4-6H,1,3,9H2,2H3;2-3H2,1H3;1H;;/q;-1;;+2;/p-1. The first kappa shape index (κ1) is 14.8. The Bertz CT molecular complexity index is 306. The van der Waals surface area contributed by atoms with Crippen LogP contribution in [0.25, 0.3) is 0 Å². The van der Waals surface area contributed by atoms with Crippen molar-refractivity contribution in [3.8, 4) is 0 Å². The molecule has 0 aromatic carbocycles. The number of aryl methyl sites for hydroxylation is 1. The van der Waals surface area contributed by atoms with E-state index < -0.39 is 19.0 Å². The average molecular weight is 369 g/mol. The summed E-state index contributed by atoms with van der Waals surface area (Å²) in [5, 5.41) is 2.11. The molecule has 0 fully saturated rings. The number of hydrogen-bond acceptors (Lipinski definition) is 3. The van der Waals surface area contributed by atoms with E-state index in [1.54, 1.807) is 11.3 Å². The van der Waals surface area contributed by atoms with Crippen molar-refractivity contribution < 1.29 is 3.07 Å². The molecule has 0 amide bonds. The Hall–Kier alpha value is 0.709. The predicted octanol–water partition coefficient (Wildman–Crippen LogP) is 3.20. The number of hydrogen-bond donors (Lipinski definition) is 1. The Morgan fingerprint density at radius 1 is 1.62 bits per heavy atom. The van der Waals surface area contributed by atoms with Crippen LogP contribution in [0.5, 0.6) is 0 Å². The molecule has 5 heteroatoms. The first-order chi connectivity index (χ1) is 7.65. The van der Waals surface area contributed by atoms with Gasteiger partial charge in [-0.25, -0.2) is 0 Å². The molecule has 2 nitrogen and oxygen atoms in total. The third-order valence-corrected chi connectivity index (χ3v) is 9.63. The van der Waals surface area contributed by atoms with Gasteiger partial charge >= 0.3 is 114 Å². The predicted molar refractivity (Wildman–Crippen MR) is 74.7 cm³/mol. The fourth-order valence-corrected chi connectivity index (χ4v) is 7.21. The molecule has 1 aromatic rings. The van der Waals surface area contributed by atoms with Gasteiger partial charge in [0.1, 0.15) is 0 Å². The van der Waals surface area contributed by atoms with Crippen LogP contribution in [0, 0.1) is 0 Å². The Balaban J connectivity index is 2.39. The second-order valence-electron chi connectivity index (χ2n) is 3.92. The van der Waals surface area contributed by atoms with Gasteiger partial charge in [-0.2, -0.15) is 0 Å². The van der Waals surface area contributed by atoms with Crippen LogP contribution < -0.4 is 5.73 Å². The van der Waals surface area contributed by atoms with E-state index in [1.807, 2.05) is 6.92 Å². The maximum atomic E-state index is 6.27. The Morgan fingerprint density at radius 3 is 3.00 bits per heavy atom. The monoisotopic (exact) mass is 369 g/mol. The van der Waals surface area contributed by atoms with E-state index in [0.29, 0.717) is 0 Å². The second kappa shape index (κ2) is 7.92. The Morgan fingerprint density at radius 2 is 2.38 bits per heavy atom. The van der Waals surface area contributed by atoms with E-state index >= 15 is 0 Å². The average Bonchev–Trinajstić information content (AvgIpc) is 2.71. The minimum absolute atomic E-state index is 0.135. The summed E-state index contributed by atoms with van der Waals surface area (Å²) >= 11 is -0.405. The summed E-state index contributed by atoms with van der Waals surface area (Å²) in [6.45, 7) is 4.97. The fraction of sp³-hybridized carbons (Fsp3) is 0.636. The number of nitrogens with two attached hydrogens (primary N) is 1. The van der Waals surface area contributed by atoms with Gasteiger partial charge in [-0.05, 0) is 0 Å². The summed E-state index contributed by atoms with van der Waals surface area (Å²) in [5.74, 6) is 0. The molecule has 1 aromatic heterocycles. The molecular weight excluding hydrogens is 348 g/mol. The van der Waals surface area contributed by atoms with Crippen LogP contribution in [0.2, 0.25) is 4.44 Å². The van der Waals surface area contributed by atoms with Gasteiger partial charge in [0, 0.05) is 0 Å². The topological polar surface area (TPSA) is 35.2 Å². The van der Waals surface area contributed by atoms with Crippen LogP contribution in [0.4, 0.5) is 0 Å². The summed E-state index contributed by atoms with van der Waals surface area (Å²) in [6.07, 6.45) is 2.10. The van der Waals surface area contributed by atoms with Crippen molar-refractivity contribution in [3.05, 3.63) is 21.9 Å². The summed E-state index contributed by atoms with van der Waals surface area (Å²) in [7, 11) is 6.27. The zero-order valence-electron chi connectivity index (χ0n) is 9.91. The van der Waals surface area contributed by atoms with Crippen molar-refractivity contribution in [1.29, 1.82) is 0 Å². The van der Waals surface area contributed by atoms with Crippen molar-refractivity contribution in [2.45, 2.75) is 37.2 Å². The molecule has 92 valence electrons. The van der Waals surface area contributed by atoms with Crippen molar-refractivity contribution in [3.63, 3.8) is 0 Å². The molecule has 0 saturated heterocycles. The molecule has 2 N–H and O–H groups in total. The first-order valence-electron chi connectivity index (χ1n) is 5.72. The van der Waals surface area contributed by atoms with Gasteiger partial charge in [-0.1, -0.05) is 0 Å². The zero-order valence-corrected chi connectivity index (χ0v) is 14.8. The Labute approximate surface area is 113 Å². The van der Waals surface area contributed by atoms with E-state index in [2.05, 4.69) is 18.4 Å². The van der Waals surface area contributed by atoms with Crippen LogP contribution in [-0.4, -0.2) is 25.7 Å². The van der Waals surface area contributed by atoms with Gasteiger partial charge in [0.25, 0.3) is 0 Å². The molecule has 0 spiro atoms.